The van der Waals surface area contributed by atoms with Gasteiger partial charge in [-0.15, -0.1) is 0 Å². The second-order valence-corrected chi connectivity index (χ2v) is 6.23. The number of oxazole rings is 1. The van der Waals surface area contributed by atoms with Crippen LogP contribution in [0.3, 0.4) is 0 Å². The van der Waals surface area contributed by atoms with Gasteiger partial charge in [-0.1, -0.05) is 20.8 Å². The normalized spacial score (nSPS) is 20.9. The molecular weight excluding hydrogens is 244 g/mol. The van der Waals surface area contributed by atoms with Gasteiger partial charge in [0, 0.05) is 11.5 Å². The number of carbonyl (C=O) groups is 1. The smallest absolute Gasteiger partial charge is 0.304 e. The molecule has 106 valence electrons. The van der Waals surface area contributed by atoms with Gasteiger partial charge in [-0.3, -0.25) is 9.69 Å². The summed E-state index contributed by atoms with van der Waals surface area (Å²) < 4.78 is 5.76. The lowest BCUT2D eigenvalue weighted by atomic mass is 9.94. The average molecular weight is 266 g/mol. The van der Waals surface area contributed by atoms with Crippen LogP contribution in [0.15, 0.2) is 10.6 Å². The summed E-state index contributed by atoms with van der Waals surface area (Å²) in [7, 11) is 0. The van der Waals surface area contributed by atoms with Gasteiger partial charge in [-0.25, -0.2) is 4.98 Å². The molecule has 0 amide bonds. The number of aliphatic carboxylic acids is 1. The van der Waals surface area contributed by atoms with Crippen molar-refractivity contribution in [1.29, 1.82) is 0 Å². The standard InChI is InChI=1S/C14H22N2O3/c1-14(2,3)11-8-15-12(19-11)9-16-6-4-5-10(16)7-13(17)18/h8,10H,4-7,9H2,1-3H3,(H,17,18). The zero-order chi connectivity index (χ0) is 14.0. The first-order valence-corrected chi connectivity index (χ1v) is 6.77. The maximum atomic E-state index is 10.8. The maximum absolute atomic E-state index is 10.8. The van der Waals surface area contributed by atoms with Crippen molar-refractivity contribution >= 4 is 5.97 Å². The molecule has 0 aliphatic carbocycles. The van der Waals surface area contributed by atoms with E-state index in [2.05, 4.69) is 30.7 Å². The first kappa shape index (κ1) is 14.1. The van der Waals surface area contributed by atoms with Gasteiger partial charge in [0.25, 0.3) is 0 Å². The van der Waals surface area contributed by atoms with Crippen LogP contribution in [-0.4, -0.2) is 33.5 Å². The Bertz CT molecular complexity index is 448. The Morgan fingerprint density at radius 2 is 2.32 bits per heavy atom. The molecule has 1 aromatic heterocycles. The SMILES string of the molecule is CC(C)(C)c1cnc(CN2CCCC2CC(=O)O)o1. The second-order valence-electron chi connectivity index (χ2n) is 6.23. The van der Waals surface area contributed by atoms with Crippen LogP contribution in [-0.2, 0) is 16.8 Å². The van der Waals surface area contributed by atoms with Gasteiger partial charge in [0.2, 0.25) is 5.89 Å². The number of rotatable bonds is 4. The third kappa shape index (κ3) is 3.56. The van der Waals surface area contributed by atoms with E-state index in [1.165, 1.54) is 0 Å². The highest BCUT2D eigenvalue weighted by molar-refractivity contribution is 5.67. The third-order valence-electron chi connectivity index (χ3n) is 3.54. The molecular formula is C14H22N2O3. The molecule has 0 spiro atoms. The Morgan fingerprint density at radius 1 is 1.58 bits per heavy atom. The van der Waals surface area contributed by atoms with Crippen LogP contribution in [0, 0.1) is 0 Å². The predicted molar refractivity (Wildman–Crippen MR) is 70.9 cm³/mol. The van der Waals surface area contributed by atoms with Gasteiger partial charge >= 0.3 is 5.97 Å². The summed E-state index contributed by atoms with van der Waals surface area (Å²) in [6, 6.07) is 0.113. The molecule has 0 saturated carbocycles. The van der Waals surface area contributed by atoms with Gasteiger partial charge in [-0.2, -0.15) is 0 Å². The molecule has 5 nitrogen and oxygen atoms in total. The molecule has 1 aromatic rings. The quantitative estimate of drug-likeness (QED) is 0.906. The summed E-state index contributed by atoms with van der Waals surface area (Å²) in [6.45, 7) is 7.78. The number of carboxylic acid groups (broad SMARTS) is 1. The molecule has 1 N–H and O–H groups in total. The summed E-state index contributed by atoms with van der Waals surface area (Å²) >= 11 is 0. The molecule has 2 heterocycles. The van der Waals surface area contributed by atoms with Crippen LogP contribution in [0.25, 0.3) is 0 Å². The highest BCUT2D eigenvalue weighted by Gasteiger charge is 2.28. The van der Waals surface area contributed by atoms with Gasteiger partial charge in [-0.05, 0) is 19.4 Å². The van der Waals surface area contributed by atoms with E-state index >= 15 is 0 Å². The molecule has 1 aliphatic heterocycles. The molecule has 0 bridgehead atoms. The molecule has 0 aromatic carbocycles. The van der Waals surface area contributed by atoms with Crippen LogP contribution in [0.5, 0.6) is 0 Å². The van der Waals surface area contributed by atoms with E-state index in [4.69, 9.17) is 9.52 Å². The molecule has 1 fully saturated rings. The Kier molecular flexibility index (Phi) is 3.94. The zero-order valence-corrected chi connectivity index (χ0v) is 11.8. The lowest BCUT2D eigenvalue weighted by molar-refractivity contribution is -0.138. The Hall–Kier alpha value is -1.36. The fourth-order valence-electron chi connectivity index (χ4n) is 2.44. The highest BCUT2D eigenvalue weighted by atomic mass is 16.4. The van der Waals surface area contributed by atoms with E-state index < -0.39 is 5.97 Å². The van der Waals surface area contributed by atoms with Crippen LogP contribution in [0.1, 0.15) is 51.7 Å². The topological polar surface area (TPSA) is 66.6 Å². The van der Waals surface area contributed by atoms with E-state index in [1.807, 2.05) is 0 Å². The molecule has 1 unspecified atom stereocenters. The van der Waals surface area contributed by atoms with Crippen LogP contribution >= 0.6 is 0 Å². The molecule has 5 heteroatoms. The summed E-state index contributed by atoms with van der Waals surface area (Å²) in [6.07, 6.45) is 3.97. The van der Waals surface area contributed by atoms with Crippen molar-refractivity contribution in [3.63, 3.8) is 0 Å². The Balaban J connectivity index is 2.00. The van der Waals surface area contributed by atoms with Crippen molar-refractivity contribution in [2.75, 3.05) is 6.54 Å². The molecule has 2 rings (SSSR count). The Morgan fingerprint density at radius 3 is 2.89 bits per heavy atom. The number of nitrogens with zero attached hydrogens (tertiary/aromatic N) is 2. The minimum atomic E-state index is -0.736. The highest BCUT2D eigenvalue weighted by Crippen LogP contribution is 2.26. The van der Waals surface area contributed by atoms with E-state index in [9.17, 15) is 4.79 Å². The summed E-state index contributed by atoms with van der Waals surface area (Å²) in [5.74, 6) is 0.818. The van der Waals surface area contributed by atoms with Crippen LogP contribution in [0.2, 0.25) is 0 Å². The lowest BCUT2D eigenvalue weighted by Gasteiger charge is -2.21. The second kappa shape index (κ2) is 5.33. The van der Waals surface area contributed by atoms with Crippen molar-refractivity contribution in [2.24, 2.45) is 0 Å². The average Bonchev–Trinajstić information content (AvgIpc) is 2.88. The fraction of sp³-hybridized carbons (Fsp3) is 0.714. The minimum Gasteiger partial charge on any atom is -0.481 e. The number of hydrogen-bond acceptors (Lipinski definition) is 4. The number of likely N-dealkylation sites (tertiary alicyclic amines) is 1. The molecule has 1 atom stereocenters. The van der Waals surface area contributed by atoms with Crippen LogP contribution in [0.4, 0.5) is 0 Å². The summed E-state index contributed by atoms with van der Waals surface area (Å²) in [5, 5.41) is 8.90. The first-order valence-electron chi connectivity index (χ1n) is 6.77. The molecule has 0 radical (unpaired) electrons. The third-order valence-corrected chi connectivity index (χ3v) is 3.54. The van der Waals surface area contributed by atoms with Crippen molar-refractivity contribution < 1.29 is 14.3 Å². The van der Waals surface area contributed by atoms with Crippen molar-refractivity contribution in [2.45, 2.75) is 58.0 Å². The monoisotopic (exact) mass is 266 g/mol. The maximum Gasteiger partial charge on any atom is 0.304 e. The fourth-order valence-corrected chi connectivity index (χ4v) is 2.44. The van der Waals surface area contributed by atoms with Crippen molar-refractivity contribution in [3.8, 4) is 0 Å². The van der Waals surface area contributed by atoms with Gasteiger partial charge < -0.3 is 9.52 Å². The van der Waals surface area contributed by atoms with Crippen molar-refractivity contribution in [1.82, 2.24) is 9.88 Å². The van der Waals surface area contributed by atoms with Gasteiger partial charge in [0.05, 0.1) is 19.2 Å². The molecule has 1 aliphatic rings. The van der Waals surface area contributed by atoms with E-state index in [0.29, 0.717) is 12.4 Å². The number of hydrogen-bond donors (Lipinski definition) is 1. The number of carboxylic acids is 1. The minimum absolute atomic E-state index is 0.0449. The van der Waals surface area contributed by atoms with E-state index in [1.54, 1.807) is 6.20 Å². The molecule has 19 heavy (non-hydrogen) atoms. The van der Waals surface area contributed by atoms with Crippen LogP contribution < -0.4 is 0 Å². The van der Waals surface area contributed by atoms with Gasteiger partial charge in [0.15, 0.2) is 0 Å². The predicted octanol–water partition coefficient (Wildman–Crippen LogP) is 2.41. The van der Waals surface area contributed by atoms with Gasteiger partial charge in [0.1, 0.15) is 5.76 Å². The number of aromatic nitrogens is 1. The van der Waals surface area contributed by atoms with Crippen molar-refractivity contribution in [3.05, 3.63) is 17.8 Å². The lowest BCUT2D eigenvalue weighted by Crippen LogP contribution is -2.30. The van der Waals surface area contributed by atoms with E-state index in [0.717, 1.165) is 25.1 Å². The molecule has 1 saturated heterocycles. The summed E-state index contributed by atoms with van der Waals surface area (Å²) in [5.41, 5.74) is -0.0449. The summed E-state index contributed by atoms with van der Waals surface area (Å²) in [4.78, 5) is 17.3. The van der Waals surface area contributed by atoms with E-state index in [-0.39, 0.29) is 17.9 Å². The Labute approximate surface area is 113 Å². The first-order chi connectivity index (χ1) is 8.86. The largest absolute Gasteiger partial charge is 0.481 e. The zero-order valence-electron chi connectivity index (χ0n) is 11.8.